The summed E-state index contributed by atoms with van der Waals surface area (Å²) in [7, 11) is 0. The Morgan fingerprint density at radius 3 is 2.89 bits per heavy atom. The van der Waals surface area contributed by atoms with Gasteiger partial charge in [0.25, 0.3) is 0 Å². The van der Waals surface area contributed by atoms with Crippen molar-refractivity contribution < 1.29 is 5.11 Å². The molecule has 1 aromatic heterocycles. The number of benzene rings is 1. The maximum Gasteiger partial charge on any atom is 0.232 e. The fourth-order valence-electron chi connectivity index (χ4n) is 1.72. The van der Waals surface area contributed by atoms with Crippen LogP contribution in [0, 0.1) is 6.92 Å². The Kier molecular flexibility index (Phi) is 2.38. The molecule has 6 nitrogen and oxygen atoms in total. The second-order valence-corrected chi connectivity index (χ2v) is 4.36. The van der Waals surface area contributed by atoms with Gasteiger partial charge in [-0.05, 0) is 25.1 Å². The number of aromatic nitrogens is 2. The van der Waals surface area contributed by atoms with E-state index in [9.17, 15) is 5.11 Å². The van der Waals surface area contributed by atoms with Crippen molar-refractivity contribution in [2.24, 2.45) is 5.10 Å². The number of fused-ring (bicyclic) bond motifs is 1. The second-order valence-electron chi connectivity index (χ2n) is 3.92. The van der Waals surface area contributed by atoms with Crippen LogP contribution in [-0.2, 0) is 0 Å². The Hall–Kier alpha value is -2.21. The molecule has 0 aliphatic carbocycles. The predicted octanol–water partition coefficient (Wildman–Crippen LogP) is -0.0205. The highest BCUT2D eigenvalue weighted by Crippen LogP contribution is 2.10. The minimum atomic E-state index is 0.0314. The van der Waals surface area contributed by atoms with E-state index in [4.69, 9.17) is 11.6 Å². The van der Waals surface area contributed by atoms with Gasteiger partial charge >= 0.3 is 0 Å². The van der Waals surface area contributed by atoms with Gasteiger partial charge in [-0.15, -0.1) is 4.79 Å². The maximum atomic E-state index is 9.71. The van der Waals surface area contributed by atoms with Gasteiger partial charge in [-0.3, -0.25) is 0 Å². The molecule has 0 bridgehead atoms. The third-order valence-corrected chi connectivity index (χ3v) is 2.76. The molecule has 0 saturated carbocycles. The standard InChI is InChI=1S/C11H10ClN5O/c1-7-4-11(18)17(14-7)16-6-8-2-3-9(12)5-10(8)13-15-16/h2-6,15,18H,1H3. The number of halogens is 1. The van der Waals surface area contributed by atoms with E-state index in [2.05, 4.69) is 15.7 Å². The predicted molar refractivity (Wildman–Crippen MR) is 66.7 cm³/mol. The molecule has 0 fully saturated rings. The number of nitrogens with one attached hydrogen (secondary N) is 1. The highest BCUT2D eigenvalue weighted by atomic mass is 35.5. The summed E-state index contributed by atoms with van der Waals surface area (Å²) < 4.78 is 0. The van der Waals surface area contributed by atoms with Crippen molar-refractivity contribution >= 4 is 17.8 Å². The molecule has 0 unspecified atom stereocenters. The van der Waals surface area contributed by atoms with Crippen molar-refractivity contribution in [3.05, 3.63) is 45.6 Å². The van der Waals surface area contributed by atoms with E-state index < -0.39 is 0 Å². The molecule has 1 aliphatic heterocycles. The van der Waals surface area contributed by atoms with Crippen LogP contribution in [0.5, 0.6) is 5.88 Å². The van der Waals surface area contributed by atoms with Gasteiger partial charge in [0, 0.05) is 16.3 Å². The van der Waals surface area contributed by atoms with Crippen LogP contribution >= 0.6 is 11.6 Å². The van der Waals surface area contributed by atoms with Crippen LogP contribution in [0.4, 0.5) is 0 Å². The first-order valence-corrected chi connectivity index (χ1v) is 5.67. The van der Waals surface area contributed by atoms with Crippen molar-refractivity contribution in [2.75, 3.05) is 5.12 Å². The monoisotopic (exact) mass is 263 g/mol. The van der Waals surface area contributed by atoms with Gasteiger partial charge < -0.3 is 5.11 Å². The maximum absolute atomic E-state index is 9.71. The minimum absolute atomic E-state index is 0.0314. The van der Waals surface area contributed by atoms with E-state index in [1.54, 1.807) is 31.3 Å². The van der Waals surface area contributed by atoms with Crippen LogP contribution in [0.3, 0.4) is 0 Å². The highest BCUT2D eigenvalue weighted by Gasteiger charge is 2.11. The molecule has 0 radical (unpaired) electrons. The Balaban J connectivity index is 2.09. The topological polar surface area (TPSA) is 65.7 Å². The average molecular weight is 264 g/mol. The Bertz CT molecular complexity index is 724. The summed E-state index contributed by atoms with van der Waals surface area (Å²) in [5, 5.41) is 21.7. The van der Waals surface area contributed by atoms with E-state index in [0.717, 1.165) is 10.6 Å². The summed E-state index contributed by atoms with van der Waals surface area (Å²) in [5.74, 6) is 0.0314. The SMILES string of the molecule is Cc1cc(O)n(N2C=c3ccc(Cl)cc3=NN2)n1. The fraction of sp³-hybridized carbons (Fsp3) is 0.0909. The van der Waals surface area contributed by atoms with E-state index in [-0.39, 0.29) is 5.88 Å². The molecule has 1 aliphatic rings. The van der Waals surface area contributed by atoms with Crippen molar-refractivity contribution in [3.63, 3.8) is 0 Å². The zero-order valence-electron chi connectivity index (χ0n) is 9.50. The molecule has 18 heavy (non-hydrogen) atoms. The van der Waals surface area contributed by atoms with Gasteiger partial charge in [0.1, 0.15) is 0 Å². The number of aryl methyl sites for hydroxylation is 1. The van der Waals surface area contributed by atoms with E-state index >= 15 is 0 Å². The lowest BCUT2D eigenvalue weighted by Gasteiger charge is -2.21. The van der Waals surface area contributed by atoms with Crippen molar-refractivity contribution in [2.45, 2.75) is 6.92 Å². The largest absolute Gasteiger partial charge is 0.492 e. The number of hydrogen-bond acceptors (Lipinski definition) is 5. The summed E-state index contributed by atoms with van der Waals surface area (Å²) >= 11 is 5.89. The molecular formula is C11H10ClN5O. The number of nitrogens with zero attached hydrogens (tertiary/aromatic N) is 4. The summed E-state index contributed by atoms with van der Waals surface area (Å²) in [5.41, 5.74) is 3.47. The Morgan fingerprint density at radius 1 is 1.33 bits per heavy atom. The van der Waals surface area contributed by atoms with Gasteiger partial charge in [0.15, 0.2) is 0 Å². The molecule has 2 heterocycles. The molecule has 0 atom stereocenters. The zero-order chi connectivity index (χ0) is 12.7. The summed E-state index contributed by atoms with van der Waals surface area (Å²) in [6.07, 6.45) is 1.77. The number of hydrazine groups is 1. The van der Waals surface area contributed by atoms with Gasteiger partial charge in [-0.1, -0.05) is 11.6 Å². The van der Waals surface area contributed by atoms with E-state index in [1.807, 2.05) is 6.07 Å². The second kappa shape index (κ2) is 3.92. The number of rotatable bonds is 1. The van der Waals surface area contributed by atoms with Crippen molar-refractivity contribution in [1.82, 2.24) is 15.4 Å². The Labute approximate surface area is 107 Å². The van der Waals surface area contributed by atoms with Crippen LogP contribution in [-0.4, -0.2) is 15.0 Å². The third kappa shape index (κ3) is 1.76. The van der Waals surface area contributed by atoms with Gasteiger partial charge in [-0.25, -0.2) is 0 Å². The highest BCUT2D eigenvalue weighted by molar-refractivity contribution is 6.30. The minimum Gasteiger partial charge on any atom is -0.492 e. The van der Waals surface area contributed by atoms with Gasteiger partial charge in [-0.2, -0.15) is 20.9 Å². The van der Waals surface area contributed by atoms with E-state index in [1.165, 1.54) is 9.91 Å². The van der Waals surface area contributed by atoms with Crippen LogP contribution in [0.1, 0.15) is 5.69 Å². The van der Waals surface area contributed by atoms with Gasteiger partial charge in [0.2, 0.25) is 5.88 Å². The van der Waals surface area contributed by atoms with Crippen molar-refractivity contribution in [3.8, 4) is 5.88 Å². The third-order valence-electron chi connectivity index (χ3n) is 2.53. The first kappa shape index (κ1) is 10.9. The van der Waals surface area contributed by atoms with Crippen LogP contribution < -0.4 is 21.2 Å². The molecule has 3 rings (SSSR count). The molecule has 2 N–H and O–H groups in total. The van der Waals surface area contributed by atoms with Crippen LogP contribution in [0.25, 0.3) is 6.20 Å². The van der Waals surface area contributed by atoms with Crippen LogP contribution in [0.15, 0.2) is 29.4 Å². The average Bonchev–Trinajstić information content (AvgIpc) is 2.68. The molecule has 2 aromatic rings. The fourth-order valence-corrected chi connectivity index (χ4v) is 1.88. The van der Waals surface area contributed by atoms with Crippen LogP contribution in [0.2, 0.25) is 5.02 Å². The molecule has 0 spiro atoms. The number of hydrogen-bond donors (Lipinski definition) is 2. The number of aromatic hydroxyl groups is 1. The lowest BCUT2D eigenvalue weighted by molar-refractivity contribution is 0.385. The summed E-state index contributed by atoms with van der Waals surface area (Å²) in [6, 6.07) is 6.95. The normalized spacial score (nSPS) is 13.3. The van der Waals surface area contributed by atoms with Crippen molar-refractivity contribution in [1.29, 1.82) is 0 Å². The smallest absolute Gasteiger partial charge is 0.232 e. The lowest BCUT2D eigenvalue weighted by atomic mass is 10.3. The zero-order valence-corrected chi connectivity index (χ0v) is 10.3. The summed E-state index contributed by atoms with van der Waals surface area (Å²) in [4.78, 5) is 1.32. The molecule has 7 heteroatoms. The van der Waals surface area contributed by atoms with E-state index in [0.29, 0.717) is 10.7 Å². The quantitative estimate of drug-likeness (QED) is 0.759. The molecular weight excluding hydrogens is 254 g/mol. The lowest BCUT2D eigenvalue weighted by Crippen LogP contribution is -2.48. The first-order valence-electron chi connectivity index (χ1n) is 5.29. The summed E-state index contributed by atoms with van der Waals surface area (Å²) in [6.45, 7) is 1.80. The molecule has 92 valence electrons. The Morgan fingerprint density at radius 2 is 2.17 bits per heavy atom. The molecule has 0 amide bonds. The van der Waals surface area contributed by atoms with Gasteiger partial charge in [0.05, 0.1) is 17.3 Å². The molecule has 1 aromatic carbocycles. The first-order chi connectivity index (χ1) is 8.63. The molecule has 0 saturated heterocycles.